The van der Waals surface area contributed by atoms with Gasteiger partial charge in [-0.05, 0) is 194 Å². The molecule has 0 unspecified atom stereocenters. The highest BCUT2D eigenvalue weighted by molar-refractivity contribution is 7.26. The Morgan fingerprint density at radius 3 is 1.55 bits per heavy atom. The first-order chi connectivity index (χ1) is 37.9. The summed E-state index contributed by atoms with van der Waals surface area (Å²) in [5.74, 6) is 0.888. The van der Waals surface area contributed by atoms with Gasteiger partial charge in [0.05, 0.1) is 11.3 Å². The van der Waals surface area contributed by atoms with Gasteiger partial charge < -0.3 is 19.1 Å². The van der Waals surface area contributed by atoms with Gasteiger partial charge in [0.15, 0.2) is 5.88 Å². The van der Waals surface area contributed by atoms with E-state index in [9.17, 15) is 0 Å². The largest absolute Gasteiger partial charge is 0.449 e. The van der Waals surface area contributed by atoms with E-state index in [2.05, 4.69) is 274 Å². The Balaban J connectivity index is 0.774. The summed E-state index contributed by atoms with van der Waals surface area (Å²) in [5.41, 5.74) is 26.1. The second-order valence-corrected chi connectivity index (χ2v) is 24.7. The van der Waals surface area contributed by atoms with Crippen LogP contribution in [0.4, 0.5) is 67.8 Å². The van der Waals surface area contributed by atoms with E-state index >= 15 is 0 Å². The lowest BCUT2D eigenvalue weighted by atomic mass is 9.33. The van der Waals surface area contributed by atoms with Gasteiger partial charge in [-0.1, -0.05) is 144 Å². The monoisotopic (exact) mass is 1020 g/mol. The van der Waals surface area contributed by atoms with Crippen LogP contribution < -0.4 is 52.4 Å². The highest BCUT2D eigenvalue weighted by Crippen LogP contribution is 2.49. The van der Waals surface area contributed by atoms with E-state index in [1.807, 2.05) is 17.6 Å². The number of aryl methyl sites for hydroxylation is 2. The summed E-state index contributed by atoms with van der Waals surface area (Å²) in [7, 11) is 0. The maximum Gasteiger partial charge on any atom is 0.256 e. The van der Waals surface area contributed by atoms with Crippen LogP contribution in [0.3, 0.4) is 0 Å². The lowest BCUT2D eigenvalue weighted by Crippen LogP contribution is -2.61. The van der Waals surface area contributed by atoms with Gasteiger partial charge in [-0.3, -0.25) is 4.90 Å². The van der Waals surface area contributed by atoms with Crippen molar-refractivity contribution in [2.45, 2.75) is 65.7 Å². The molecule has 0 saturated carbocycles. The van der Waals surface area contributed by atoms with Crippen molar-refractivity contribution >= 4 is 135 Å². The third-order valence-electron chi connectivity index (χ3n) is 17.1. The third kappa shape index (κ3) is 7.08. The second-order valence-electron chi connectivity index (χ2n) is 23.7. The summed E-state index contributed by atoms with van der Waals surface area (Å²) >= 11 is 1.91. The van der Waals surface area contributed by atoms with Gasteiger partial charge >= 0.3 is 0 Å². The Morgan fingerprint density at radius 1 is 0.423 bits per heavy atom. The van der Waals surface area contributed by atoms with Crippen LogP contribution in [0.25, 0.3) is 10.1 Å². The van der Waals surface area contributed by atoms with Crippen LogP contribution in [0.1, 0.15) is 62.4 Å². The minimum atomic E-state index is -0.143. The molecule has 4 aliphatic rings. The van der Waals surface area contributed by atoms with E-state index in [1.54, 1.807) is 0 Å². The summed E-state index contributed by atoms with van der Waals surface area (Å²) < 4.78 is 7.76. The smallest absolute Gasteiger partial charge is 0.256 e. The molecule has 0 bridgehead atoms. The van der Waals surface area contributed by atoms with Crippen molar-refractivity contribution in [3.8, 4) is 0 Å². The van der Waals surface area contributed by atoms with Crippen LogP contribution in [0.5, 0.6) is 0 Å². The first-order valence-electron chi connectivity index (χ1n) is 27.5. The zero-order valence-corrected chi connectivity index (χ0v) is 46.0. The zero-order valence-electron chi connectivity index (χ0n) is 45.2. The van der Waals surface area contributed by atoms with Crippen LogP contribution >= 0.6 is 11.3 Å². The molecule has 0 fully saturated rings. The van der Waals surface area contributed by atoms with Crippen LogP contribution in [-0.2, 0) is 17.3 Å². The van der Waals surface area contributed by atoms with Gasteiger partial charge in [-0.2, -0.15) is 0 Å². The van der Waals surface area contributed by atoms with Gasteiger partial charge in [0.1, 0.15) is 0 Å². The molecule has 376 valence electrons. The first kappa shape index (κ1) is 46.8. The zero-order chi connectivity index (χ0) is 52.8. The fraction of sp³-hybridized carbons (Fsp3) is 0.143. The SMILES string of the molecule is Cc1cc2c3c(c1)N(c1ccc(C(C)(C)C)cc1)c1occc1B3c1ccccc1N2c1ccc(CC(C)(C)c2ccc(N3c4cc(C)cc5c4B(c4ccccc4N5c4ccccc4)c4c3sc3ccccc43)cc2)cc1. The quantitative estimate of drug-likeness (QED) is 0.148. The molecule has 11 aromatic rings. The molecule has 78 heavy (non-hydrogen) atoms. The predicted molar refractivity (Wildman–Crippen MR) is 333 cm³/mol. The van der Waals surface area contributed by atoms with Gasteiger partial charge in [-0.25, -0.2) is 0 Å². The number of fused-ring (bicyclic) bond motifs is 10. The second kappa shape index (κ2) is 17.3. The lowest BCUT2D eigenvalue weighted by molar-refractivity contribution is 0.522. The fourth-order valence-corrected chi connectivity index (χ4v) is 14.8. The molecule has 0 amide bonds. The van der Waals surface area contributed by atoms with Crippen LogP contribution in [-0.4, -0.2) is 13.4 Å². The Labute approximate surface area is 462 Å². The number of thiophene rings is 1. The molecule has 8 heteroatoms. The maximum absolute atomic E-state index is 6.45. The summed E-state index contributed by atoms with van der Waals surface area (Å²) in [6.45, 7) is 16.2. The molecule has 0 atom stereocenters. The number of furan rings is 1. The average molecular weight is 1020 g/mol. The molecule has 15 rings (SSSR count). The van der Waals surface area contributed by atoms with Crippen molar-refractivity contribution in [1.82, 2.24) is 0 Å². The van der Waals surface area contributed by atoms with Crippen molar-refractivity contribution in [2.75, 3.05) is 19.6 Å². The van der Waals surface area contributed by atoms with E-state index in [4.69, 9.17) is 4.42 Å². The van der Waals surface area contributed by atoms with Gasteiger partial charge in [0.2, 0.25) is 0 Å². The number of rotatable bonds is 7. The maximum atomic E-state index is 6.45. The van der Waals surface area contributed by atoms with Gasteiger partial charge in [0.25, 0.3) is 13.4 Å². The van der Waals surface area contributed by atoms with Crippen molar-refractivity contribution in [2.24, 2.45) is 0 Å². The molecule has 6 heterocycles. The van der Waals surface area contributed by atoms with E-state index in [1.165, 1.54) is 115 Å². The Bertz CT molecular complexity index is 4190. The molecular formula is C70H58B2N4OS. The normalized spacial score (nSPS) is 14.0. The van der Waals surface area contributed by atoms with Crippen LogP contribution in [0.2, 0.25) is 0 Å². The van der Waals surface area contributed by atoms with Crippen molar-refractivity contribution < 1.29 is 4.42 Å². The number of hydrogen-bond donors (Lipinski definition) is 0. The van der Waals surface area contributed by atoms with Crippen molar-refractivity contribution in [3.05, 3.63) is 240 Å². The highest BCUT2D eigenvalue weighted by Gasteiger charge is 2.47. The van der Waals surface area contributed by atoms with Gasteiger partial charge in [-0.15, -0.1) is 11.3 Å². The molecule has 5 nitrogen and oxygen atoms in total. The molecule has 0 N–H and O–H groups in total. The number of hydrogen-bond acceptors (Lipinski definition) is 6. The minimum Gasteiger partial charge on any atom is -0.449 e. The number of nitrogens with zero attached hydrogens (tertiary/aromatic N) is 4. The summed E-state index contributed by atoms with van der Waals surface area (Å²) in [6, 6.07) is 77.6. The fourth-order valence-electron chi connectivity index (χ4n) is 13.5. The Kier molecular flexibility index (Phi) is 10.4. The first-order valence-corrected chi connectivity index (χ1v) is 28.3. The van der Waals surface area contributed by atoms with E-state index in [0.717, 1.165) is 29.4 Å². The Hall–Kier alpha value is -8.45. The third-order valence-corrected chi connectivity index (χ3v) is 18.3. The molecule has 4 aliphatic heterocycles. The standard InChI is InChI=1S/C70H58B2N4OS/c1-44-39-59-65-61(41-44)75(51-33-27-47(28-34-51)69(3,4)5)67-56(37-38-77-67)71(65)54-20-12-14-22-57(54)74(59)50-31-25-46(26-32-50)43-70(6,7)48-29-35-52(36-30-48)76-62-42-45(2)40-60-66(62)72(64-53-19-11-16-24-63(53)78-68(64)76)55-21-13-15-23-58(55)73(60)49-17-9-8-10-18-49/h8-42H,43H2,1-7H3. The Morgan fingerprint density at radius 2 is 0.910 bits per heavy atom. The molecule has 0 saturated heterocycles. The molecule has 0 radical (unpaired) electrons. The number of para-hydroxylation sites is 3. The molecule has 0 aliphatic carbocycles. The molecule has 0 spiro atoms. The average Bonchev–Trinajstić information content (AvgIpc) is 4.25. The number of anilines is 12. The van der Waals surface area contributed by atoms with E-state index in [0.29, 0.717) is 0 Å². The highest BCUT2D eigenvalue weighted by atomic mass is 32.1. The predicted octanol–water partition coefficient (Wildman–Crippen LogP) is 15.1. The topological polar surface area (TPSA) is 26.1 Å². The molecule has 2 aromatic heterocycles. The van der Waals surface area contributed by atoms with E-state index < -0.39 is 0 Å². The van der Waals surface area contributed by atoms with E-state index in [-0.39, 0.29) is 24.3 Å². The van der Waals surface area contributed by atoms with Crippen LogP contribution in [0, 0.1) is 13.8 Å². The van der Waals surface area contributed by atoms with Gasteiger partial charge in [0, 0.05) is 61.6 Å². The van der Waals surface area contributed by atoms with Crippen molar-refractivity contribution in [3.63, 3.8) is 0 Å². The molecular weight excluding hydrogens is 966 g/mol. The minimum absolute atomic E-state index is 0.0387. The van der Waals surface area contributed by atoms with Crippen LogP contribution in [0.15, 0.2) is 217 Å². The molecule has 9 aromatic carbocycles. The lowest BCUT2D eigenvalue weighted by Gasteiger charge is -2.43. The summed E-state index contributed by atoms with van der Waals surface area (Å²) in [4.78, 5) is 9.88. The number of benzene rings is 9. The summed E-state index contributed by atoms with van der Waals surface area (Å²) in [6.07, 6.45) is 2.76. The summed E-state index contributed by atoms with van der Waals surface area (Å²) in [5, 5.41) is 2.63. The van der Waals surface area contributed by atoms with Crippen molar-refractivity contribution in [1.29, 1.82) is 0 Å².